The zero-order chi connectivity index (χ0) is 21.1. The maximum Gasteiger partial charge on any atom is 0.355 e. The van der Waals surface area contributed by atoms with Crippen LogP contribution in [-0.4, -0.2) is 61.1 Å². The molecule has 0 aromatic heterocycles. The number of thioether (sulfide) groups is 1. The van der Waals surface area contributed by atoms with Gasteiger partial charge in [0.2, 0.25) is 3.79 Å². The summed E-state index contributed by atoms with van der Waals surface area (Å²) in [5, 5.41) is -0.580. The van der Waals surface area contributed by atoms with Gasteiger partial charge in [-0.15, -0.1) is 11.8 Å². The fourth-order valence-electron chi connectivity index (χ4n) is 3.52. The maximum absolute atomic E-state index is 12.9. The largest absolute Gasteiger partial charge is 0.456 e. The lowest BCUT2D eigenvalue weighted by atomic mass is 10.0. The molecule has 4 rings (SSSR count). The number of hydrogen-bond acceptors (Lipinski definition) is 6. The number of alkyl halides is 3. The first-order chi connectivity index (χ1) is 13.6. The number of halogens is 3. The summed E-state index contributed by atoms with van der Waals surface area (Å²) in [6.45, 7) is 1.22. The van der Waals surface area contributed by atoms with Crippen molar-refractivity contribution in [2.24, 2.45) is 0 Å². The molecule has 29 heavy (non-hydrogen) atoms. The summed E-state index contributed by atoms with van der Waals surface area (Å²) < 4.78 is 3.24. The van der Waals surface area contributed by atoms with Gasteiger partial charge in [-0.2, -0.15) is 0 Å². The van der Waals surface area contributed by atoms with E-state index in [2.05, 4.69) is 0 Å². The van der Waals surface area contributed by atoms with Gasteiger partial charge in [-0.1, -0.05) is 46.9 Å². The standard InChI is InChI=1S/C18H13Cl3N2O5S/c1-8-6-29-16-12(22-13(24)9-4-2-3-5-10(9)14(22)25)15(26)23(16)11(8)17(27)28-7-18(19,20)21/h2-5,12,16H,6-7H2,1H3/t12?,16-/m1/s1. The first-order valence-electron chi connectivity index (χ1n) is 8.47. The molecule has 1 saturated heterocycles. The van der Waals surface area contributed by atoms with Crippen molar-refractivity contribution in [1.82, 2.24) is 9.80 Å². The van der Waals surface area contributed by atoms with Gasteiger partial charge >= 0.3 is 5.97 Å². The van der Waals surface area contributed by atoms with Crippen LogP contribution >= 0.6 is 46.6 Å². The van der Waals surface area contributed by atoms with Crippen LogP contribution in [0.1, 0.15) is 27.6 Å². The van der Waals surface area contributed by atoms with E-state index in [9.17, 15) is 19.2 Å². The van der Waals surface area contributed by atoms with E-state index < -0.39 is 45.5 Å². The number of carbonyl (C=O) groups excluding carboxylic acids is 4. The zero-order valence-electron chi connectivity index (χ0n) is 14.9. The third kappa shape index (κ3) is 3.32. The molecule has 3 aliphatic heterocycles. The molecule has 11 heteroatoms. The monoisotopic (exact) mass is 474 g/mol. The average Bonchev–Trinajstić information content (AvgIpc) is 2.91. The van der Waals surface area contributed by atoms with Crippen molar-refractivity contribution < 1.29 is 23.9 Å². The van der Waals surface area contributed by atoms with Gasteiger partial charge in [0.1, 0.15) is 23.7 Å². The second kappa shape index (κ2) is 7.19. The molecule has 0 aliphatic carbocycles. The van der Waals surface area contributed by atoms with Crippen LogP contribution in [0.15, 0.2) is 35.5 Å². The predicted molar refractivity (Wildman–Crippen MR) is 108 cm³/mol. The minimum Gasteiger partial charge on any atom is -0.456 e. The number of amides is 3. The summed E-state index contributed by atoms with van der Waals surface area (Å²) in [6.07, 6.45) is 0. The smallest absolute Gasteiger partial charge is 0.355 e. The number of β-lactam (4-membered cyclic amide) rings is 1. The van der Waals surface area contributed by atoms with E-state index in [0.29, 0.717) is 11.3 Å². The quantitative estimate of drug-likeness (QED) is 0.289. The Labute approximate surface area is 184 Å². The number of benzene rings is 1. The van der Waals surface area contributed by atoms with E-state index in [1.54, 1.807) is 31.2 Å². The lowest BCUT2D eigenvalue weighted by Gasteiger charge is -2.51. The van der Waals surface area contributed by atoms with Crippen molar-refractivity contribution in [1.29, 1.82) is 0 Å². The highest BCUT2D eigenvalue weighted by atomic mass is 35.6. The van der Waals surface area contributed by atoms with E-state index in [4.69, 9.17) is 39.5 Å². The minimum atomic E-state index is -1.78. The first kappa shape index (κ1) is 20.5. The summed E-state index contributed by atoms with van der Waals surface area (Å²) in [5.41, 5.74) is 1.20. The van der Waals surface area contributed by atoms with E-state index >= 15 is 0 Å². The van der Waals surface area contributed by atoms with Gasteiger partial charge in [0, 0.05) is 5.75 Å². The number of hydrogen-bond donors (Lipinski definition) is 0. The fraction of sp³-hybridized carbons (Fsp3) is 0.333. The van der Waals surface area contributed by atoms with Gasteiger partial charge in [-0.25, -0.2) is 4.79 Å². The van der Waals surface area contributed by atoms with Gasteiger partial charge < -0.3 is 4.74 Å². The predicted octanol–water partition coefficient (Wildman–Crippen LogP) is 2.75. The highest BCUT2D eigenvalue weighted by molar-refractivity contribution is 8.00. The molecule has 2 atom stereocenters. The van der Waals surface area contributed by atoms with Crippen molar-refractivity contribution in [3.63, 3.8) is 0 Å². The topological polar surface area (TPSA) is 84.0 Å². The van der Waals surface area contributed by atoms with Crippen LogP contribution in [0.2, 0.25) is 0 Å². The molecule has 0 radical (unpaired) electrons. The van der Waals surface area contributed by atoms with E-state index in [-0.39, 0.29) is 16.8 Å². The van der Waals surface area contributed by atoms with Crippen molar-refractivity contribution in [2.45, 2.75) is 22.1 Å². The Hall–Kier alpha value is -1.74. The fourth-order valence-corrected chi connectivity index (χ4v) is 5.02. The molecule has 3 heterocycles. The summed E-state index contributed by atoms with van der Waals surface area (Å²) >= 11 is 18.2. The van der Waals surface area contributed by atoms with Gasteiger partial charge in [0.15, 0.2) is 0 Å². The Morgan fingerprint density at radius 3 is 2.28 bits per heavy atom. The second-order valence-electron chi connectivity index (χ2n) is 6.70. The van der Waals surface area contributed by atoms with Crippen molar-refractivity contribution in [3.8, 4) is 0 Å². The van der Waals surface area contributed by atoms with Gasteiger partial charge in [-0.05, 0) is 24.6 Å². The molecule has 1 aromatic carbocycles. The van der Waals surface area contributed by atoms with Crippen molar-refractivity contribution >= 4 is 70.3 Å². The molecule has 3 aliphatic rings. The molecule has 0 N–H and O–H groups in total. The second-order valence-corrected chi connectivity index (χ2v) is 10.3. The number of fused-ring (bicyclic) bond motifs is 2. The molecule has 152 valence electrons. The number of esters is 1. The summed E-state index contributed by atoms with van der Waals surface area (Å²) in [6, 6.07) is 5.42. The average molecular weight is 476 g/mol. The number of ether oxygens (including phenoxy) is 1. The van der Waals surface area contributed by atoms with Gasteiger partial charge in [0.05, 0.1) is 11.1 Å². The molecule has 0 saturated carbocycles. The Morgan fingerprint density at radius 2 is 1.72 bits per heavy atom. The van der Waals surface area contributed by atoms with Crippen molar-refractivity contribution in [3.05, 3.63) is 46.7 Å². The lowest BCUT2D eigenvalue weighted by molar-refractivity contribution is -0.154. The number of rotatable bonds is 3. The third-order valence-corrected chi connectivity index (χ3v) is 6.53. The normalized spacial score (nSPS) is 23.8. The van der Waals surface area contributed by atoms with Crippen LogP contribution in [0.3, 0.4) is 0 Å². The Balaban J connectivity index is 1.58. The summed E-state index contributed by atoms with van der Waals surface area (Å²) in [7, 11) is 0. The van der Waals surface area contributed by atoms with Gasteiger partial charge in [0.25, 0.3) is 17.7 Å². The molecule has 3 amide bonds. The molecule has 1 aromatic rings. The van der Waals surface area contributed by atoms with E-state index in [1.165, 1.54) is 16.7 Å². The minimum absolute atomic E-state index is 0.0564. The van der Waals surface area contributed by atoms with Crippen LogP contribution in [-0.2, 0) is 14.3 Å². The number of nitrogens with zero attached hydrogens (tertiary/aromatic N) is 2. The molecule has 1 fully saturated rings. The molecule has 1 unspecified atom stereocenters. The summed E-state index contributed by atoms with van der Waals surface area (Å²) in [5.74, 6) is -1.94. The third-order valence-electron chi connectivity index (χ3n) is 4.79. The lowest BCUT2D eigenvalue weighted by Crippen LogP contribution is -2.71. The Kier molecular flexibility index (Phi) is 5.09. The first-order valence-corrected chi connectivity index (χ1v) is 10.7. The zero-order valence-corrected chi connectivity index (χ0v) is 17.9. The van der Waals surface area contributed by atoms with Crippen LogP contribution in [0.25, 0.3) is 0 Å². The van der Waals surface area contributed by atoms with Crippen LogP contribution in [0, 0.1) is 0 Å². The van der Waals surface area contributed by atoms with Crippen molar-refractivity contribution in [2.75, 3.05) is 12.4 Å². The van der Waals surface area contributed by atoms with E-state index in [0.717, 1.165) is 4.90 Å². The molecule has 0 bridgehead atoms. The highest BCUT2D eigenvalue weighted by Gasteiger charge is 2.59. The Bertz CT molecular complexity index is 955. The highest BCUT2D eigenvalue weighted by Crippen LogP contribution is 2.44. The van der Waals surface area contributed by atoms with Crippen LogP contribution in [0.4, 0.5) is 0 Å². The molecule has 7 nitrogen and oxygen atoms in total. The number of imide groups is 1. The Morgan fingerprint density at radius 1 is 1.14 bits per heavy atom. The SMILES string of the molecule is CC1=C(C(=O)OCC(Cl)(Cl)Cl)N2C(=O)C(N3C(=O)c4ccccc4C3=O)[C@H]2SC1. The van der Waals surface area contributed by atoms with Crippen LogP contribution < -0.4 is 0 Å². The van der Waals surface area contributed by atoms with E-state index in [1.807, 2.05) is 0 Å². The molecular formula is C18H13Cl3N2O5S. The number of carbonyl (C=O) groups is 4. The summed E-state index contributed by atoms with van der Waals surface area (Å²) in [4.78, 5) is 53.1. The molecule has 0 spiro atoms. The maximum atomic E-state index is 12.9. The van der Waals surface area contributed by atoms with Crippen LogP contribution in [0.5, 0.6) is 0 Å². The molecular weight excluding hydrogens is 463 g/mol. The van der Waals surface area contributed by atoms with Gasteiger partial charge in [-0.3, -0.25) is 24.2 Å².